The predicted molar refractivity (Wildman–Crippen MR) is 134 cm³/mol. The molecule has 1 unspecified atom stereocenters. The van der Waals surface area contributed by atoms with Crippen molar-refractivity contribution in [1.29, 1.82) is 0 Å². The van der Waals surface area contributed by atoms with E-state index in [1.165, 1.54) is 16.3 Å². The number of aromatic nitrogens is 2. The van der Waals surface area contributed by atoms with Crippen molar-refractivity contribution < 1.29 is 4.79 Å². The summed E-state index contributed by atoms with van der Waals surface area (Å²) in [5.74, 6) is 1.08. The Morgan fingerprint density at radius 1 is 0.879 bits per heavy atom. The van der Waals surface area contributed by atoms with Crippen LogP contribution in [0.1, 0.15) is 23.7 Å². The first-order valence-corrected chi connectivity index (χ1v) is 11.5. The van der Waals surface area contributed by atoms with Crippen molar-refractivity contribution >= 4 is 45.0 Å². The number of fused-ring (bicyclic) bond motifs is 2. The van der Waals surface area contributed by atoms with Crippen LogP contribution in [0.3, 0.4) is 0 Å². The van der Waals surface area contributed by atoms with Crippen LogP contribution in [0.5, 0.6) is 0 Å². The number of benzene rings is 4. The molecule has 5 heteroatoms. The van der Waals surface area contributed by atoms with Crippen molar-refractivity contribution in [2.75, 3.05) is 11.4 Å². The maximum absolute atomic E-state index is 12.9. The van der Waals surface area contributed by atoms with E-state index in [0.29, 0.717) is 24.5 Å². The molecular formula is C28H22ClN3O. The van der Waals surface area contributed by atoms with Gasteiger partial charge in [0, 0.05) is 36.1 Å². The highest BCUT2D eigenvalue weighted by atomic mass is 35.5. The van der Waals surface area contributed by atoms with Crippen molar-refractivity contribution in [2.45, 2.75) is 18.9 Å². The second-order valence-electron chi connectivity index (χ2n) is 8.61. The Balaban J connectivity index is 1.39. The number of halogens is 1. The van der Waals surface area contributed by atoms with E-state index in [0.717, 1.165) is 22.5 Å². The van der Waals surface area contributed by atoms with Gasteiger partial charge in [-0.05, 0) is 52.7 Å². The van der Waals surface area contributed by atoms with E-state index in [2.05, 4.69) is 53.1 Å². The molecule has 0 N–H and O–H groups in total. The molecule has 1 aliphatic heterocycles. The third-order valence-electron chi connectivity index (χ3n) is 6.45. The van der Waals surface area contributed by atoms with Gasteiger partial charge in [0.15, 0.2) is 0 Å². The zero-order valence-electron chi connectivity index (χ0n) is 18.0. The van der Waals surface area contributed by atoms with Crippen LogP contribution in [0.15, 0.2) is 91.0 Å². The minimum absolute atomic E-state index is 0.0179. The molecule has 1 atom stereocenters. The number of para-hydroxylation sites is 2. The van der Waals surface area contributed by atoms with Crippen LogP contribution in [0.2, 0.25) is 5.02 Å². The number of amides is 1. The Kier molecular flexibility index (Phi) is 4.88. The standard InChI is InChI=1S/C28H22ClN3O/c29-23-8-5-9-24(16-23)31-18-22(15-27(31)33)28-30-25-10-3-4-11-26(25)32(28)17-19-12-13-20-6-1-2-7-21(20)14-19/h1-14,16,22H,15,17-18H2. The fraction of sp³-hybridized carbons (Fsp3) is 0.143. The fourth-order valence-corrected chi connectivity index (χ4v) is 5.05. The summed E-state index contributed by atoms with van der Waals surface area (Å²) in [4.78, 5) is 19.8. The lowest BCUT2D eigenvalue weighted by Gasteiger charge is -2.18. The zero-order valence-corrected chi connectivity index (χ0v) is 18.7. The van der Waals surface area contributed by atoms with E-state index < -0.39 is 0 Å². The molecule has 0 spiro atoms. The first kappa shape index (κ1) is 20.0. The first-order valence-electron chi connectivity index (χ1n) is 11.1. The Labute approximate surface area is 197 Å². The molecule has 2 heterocycles. The monoisotopic (exact) mass is 451 g/mol. The molecule has 1 amide bonds. The van der Waals surface area contributed by atoms with Gasteiger partial charge in [-0.1, -0.05) is 66.2 Å². The topological polar surface area (TPSA) is 38.1 Å². The van der Waals surface area contributed by atoms with Crippen LogP contribution in [0.25, 0.3) is 21.8 Å². The Hall–Kier alpha value is -3.63. The molecular weight excluding hydrogens is 430 g/mol. The van der Waals surface area contributed by atoms with Crippen molar-refractivity contribution in [2.24, 2.45) is 0 Å². The Bertz CT molecular complexity index is 1510. The molecule has 0 bridgehead atoms. The minimum Gasteiger partial charge on any atom is -0.323 e. The number of carbonyl (C=O) groups is 1. The summed E-state index contributed by atoms with van der Waals surface area (Å²) >= 11 is 6.18. The van der Waals surface area contributed by atoms with Gasteiger partial charge in [0.2, 0.25) is 5.91 Å². The lowest BCUT2D eigenvalue weighted by atomic mass is 10.1. The van der Waals surface area contributed by atoms with Gasteiger partial charge < -0.3 is 9.47 Å². The van der Waals surface area contributed by atoms with Crippen LogP contribution in [-0.4, -0.2) is 22.0 Å². The van der Waals surface area contributed by atoms with Crippen molar-refractivity contribution in [1.82, 2.24) is 9.55 Å². The average Bonchev–Trinajstić information content (AvgIpc) is 3.40. The summed E-state index contributed by atoms with van der Waals surface area (Å²) in [7, 11) is 0. The maximum Gasteiger partial charge on any atom is 0.227 e. The van der Waals surface area contributed by atoms with E-state index in [4.69, 9.17) is 16.6 Å². The third-order valence-corrected chi connectivity index (χ3v) is 6.68. The van der Waals surface area contributed by atoms with Gasteiger partial charge in [-0.3, -0.25) is 4.79 Å². The van der Waals surface area contributed by atoms with Gasteiger partial charge in [-0.25, -0.2) is 4.98 Å². The summed E-state index contributed by atoms with van der Waals surface area (Å²) < 4.78 is 2.28. The number of imidazole rings is 1. The van der Waals surface area contributed by atoms with Gasteiger partial charge >= 0.3 is 0 Å². The molecule has 5 aromatic rings. The van der Waals surface area contributed by atoms with Gasteiger partial charge in [-0.15, -0.1) is 0 Å². The average molecular weight is 452 g/mol. The second kappa shape index (κ2) is 8.05. The molecule has 4 aromatic carbocycles. The summed E-state index contributed by atoms with van der Waals surface area (Å²) in [6, 6.07) is 30.7. The number of carbonyl (C=O) groups excluding carboxylic acids is 1. The normalized spacial score (nSPS) is 16.2. The van der Waals surface area contributed by atoms with E-state index >= 15 is 0 Å². The van der Waals surface area contributed by atoms with Crippen LogP contribution in [0.4, 0.5) is 5.69 Å². The third kappa shape index (κ3) is 3.66. The lowest BCUT2D eigenvalue weighted by molar-refractivity contribution is -0.117. The number of rotatable bonds is 4. The van der Waals surface area contributed by atoms with Crippen LogP contribution >= 0.6 is 11.6 Å². The highest BCUT2D eigenvalue weighted by Crippen LogP contribution is 2.34. The SMILES string of the molecule is O=C1CC(c2nc3ccccc3n2Cc2ccc3ccccc3c2)CN1c1cccc(Cl)c1. The number of nitrogens with zero attached hydrogens (tertiary/aromatic N) is 3. The molecule has 0 aliphatic carbocycles. The molecule has 1 aliphatic rings. The van der Waals surface area contributed by atoms with Gasteiger partial charge in [0.25, 0.3) is 0 Å². The molecule has 1 aromatic heterocycles. The number of anilines is 1. The van der Waals surface area contributed by atoms with E-state index in [1.54, 1.807) is 0 Å². The van der Waals surface area contributed by atoms with Crippen molar-refractivity contribution in [3.63, 3.8) is 0 Å². The quantitative estimate of drug-likeness (QED) is 0.316. The van der Waals surface area contributed by atoms with Gasteiger partial charge in [0.1, 0.15) is 5.82 Å². The zero-order chi connectivity index (χ0) is 22.4. The molecule has 162 valence electrons. The lowest BCUT2D eigenvalue weighted by Crippen LogP contribution is -2.24. The summed E-state index contributed by atoms with van der Waals surface area (Å²) in [6.07, 6.45) is 0.438. The Morgan fingerprint density at radius 3 is 2.58 bits per heavy atom. The first-order chi connectivity index (χ1) is 16.2. The van der Waals surface area contributed by atoms with Crippen molar-refractivity contribution in [3.8, 4) is 0 Å². The summed E-state index contributed by atoms with van der Waals surface area (Å²) in [6.45, 7) is 1.31. The van der Waals surface area contributed by atoms with Crippen LogP contribution < -0.4 is 4.90 Å². The molecule has 1 fully saturated rings. The van der Waals surface area contributed by atoms with Crippen LogP contribution in [0, 0.1) is 0 Å². The molecule has 4 nitrogen and oxygen atoms in total. The largest absolute Gasteiger partial charge is 0.323 e. The highest BCUT2D eigenvalue weighted by molar-refractivity contribution is 6.30. The predicted octanol–water partition coefficient (Wildman–Crippen LogP) is 6.41. The highest BCUT2D eigenvalue weighted by Gasteiger charge is 2.35. The Morgan fingerprint density at radius 2 is 1.70 bits per heavy atom. The van der Waals surface area contributed by atoms with Crippen molar-refractivity contribution in [3.05, 3.63) is 107 Å². The van der Waals surface area contributed by atoms with E-state index in [9.17, 15) is 4.79 Å². The van der Waals surface area contributed by atoms with E-state index in [-0.39, 0.29) is 11.8 Å². The molecule has 0 saturated carbocycles. The molecule has 0 radical (unpaired) electrons. The van der Waals surface area contributed by atoms with E-state index in [1.807, 2.05) is 47.4 Å². The molecule has 33 heavy (non-hydrogen) atoms. The fourth-order valence-electron chi connectivity index (χ4n) is 4.87. The smallest absolute Gasteiger partial charge is 0.227 e. The second-order valence-corrected chi connectivity index (χ2v) is 9.05. The molecule has 1 saturated heterocycles. The molecule has 6 rings (SSSR count). The number of hydrogen-bond acceptors (Lipinski definition) is 2. The number of hydrogen-bond donors (Lipinski definition) is 0. The summed E-state index contributed by atoms with van der Waals surface area (Å²) in [5.41, 5.74) is 4.11. The van der Waals surface area contributed by atoms with Gasteiger partial charge in [-0.2, -0.15) is 0 Å². The maximum atomic E-state index is 12.9. The summed E-state index contributed by atoms with van der Waals surface area (Å²) in [5, 5.41) is 3.09. The van der Waals surface area contributed by atoms with Gasteiger partial charge in [0.05, 0.1) is 11.0 Å². The minimum atomic E-state index is 0.0179. The van der Waals surface area contributed by atoms with Crippen LogP contribution in [-0.2, 0) is 11.3 Å².